The van der Waals surface area contributed by atoms with Crippen molar-refractivity contribution < 1.29 is 66.1 Å². The number of alkyl halides is 5. The molecule has 0 aromatic carbocycles. The molecule has 0 fully saturated rings. The number of aliphatic carboxylic acids is 1. The zero-order chi connectivity index (χ0) is 39.7. The SMILES string of the molecule is CC(C)(C)OC(=O)COCc1cc2c(s1)C(=O)c1sccc1C2=O.ClCCl.O=C(O)COCc1cc2c(s1)C(=O)c1sccc1C2=O.O=CC(F)(F)F. The van der Waals surface area contributed by atoms with Gasteiger partial charge in [-0.15, -0.1) is 68.5 Å². The Morgan fingerprint density at radius 1 is 0.736 bits per heavy atom. The summed E-state index contributed by atoms with van der Waals surface area (Å²) in [4.78, 5) is 83.2. The summed E-state index contributed by atoms with van der Waals surface area (Å²) in [5.74, 6) is -2.04. The first-order valence-electron chi connectivity index (χ1n) is 14.6. The largest absolute Gasteiger partial charge is 0.480 e. The Kier molecular flexibility index (Phi) is 15.8. The van der Waals surface area contributed by atoms with E-state index in [0.717, 1.165) is 4.88 Å². The molecule has 2 aliphatic rings. The second-order valence-electron chi connectivity index (χ2n) is 11.3. The number of thiophene rings is 4. The predicted octanol–water partition coefficient (Wildman–Crippen LogP) is 7.80. The Morgan fingerprint density at radius 2 is 1.13 bits per heavy atom. The maximum Gasteiger partial charge on any atom is 0.446 e. The number of esters is 1. The zero-order valence-corrected chi connectivity index (χ0v) is 32.4. The number of ketones is 4. The third-order valence-electron chi connectivity index (χ3n) is 6.19. The van der Waals surface area contributed by atoms with Crippen molar-refractivity contribution in [3.63, 3.8) is 0 Å². The Balaban J connectivity index is 0.000000235. The van der Waals surface area contributed by atoms with Crippen LogP contribution in [0.3, 0.4) is 0 Å². The second-order valence-corrected chi connectivity index (χ2v) is 16.2. The van der Waals surface area contributed by atoms with E-state index in [-0.39, 0.29) is 48.3 Å². The van der Waals surface area contributed by atoms with Crippen LogP contribution in [0.5, 0.6) is 0 Å². The predicted molar refractivity (Wildman–Crippen MR) is 192 cm³/mol. The lowest BCUT2D eigenvalue weighted by Crippen LogP contribution is -2.26. The normalized spacial score (nSPS) is 12.8. The number of fused-ring (bicyclic) bond motifs is 4. The highest BCUT2D eigenvalue weighted by atomic mass is 35.5. The maximum atomic E-state index is 12.4. The van der Waals surface area contributed by atoms with Gasteiger partial charge in [0.2, 0.25) is 17.9 Å². The van der Waals surface area contributed by atoms with E-state index in [4.69, 9.17) is 47.3 Å². The van der Waals surface area contributed by atoms with E-state index in [1.165, 1.54) is 45.3 Å². The lowest BCUT2D eigenvalue weighted by atomic mass is 9.95. The molecular weight excluding hydrogens is 829 g/mol. The Bertz CT molecular complexity index is 1910. The topological polar surface area (TPSA) is 167 Å². The van der Waals surface area contributed by atoms with E-state index in [1.807, 2.05) is 0 Å². The monoisotopic (exact) mass is 854 g/mol. The van der Waals surface area contributed by atoms with Gasteiger partial charge in [0.25, 0.3) is 0 Å². The molecule has 0 amide bonds. The van der Waals surface area contributed by atoms with Crippen LogP contribution in [0.2, 0.25) is 0 Å². The van der Waals surface area contributed by atoms with Crippen molar-refractivity contribution in [2.24, 2.45) is 0 Å². The van der Waals surface area contributed by atoms with Crippen LogP contribution < -0.4 is 0 Å². The average molecular weight is 856 g/mol. The molecule has 11 nitrogen and oxygen atoms in total. The molecule has 0 spiro atoms. The maximum absolute atomic E-state index is 12.4. The summed E-state index contributed by atoms with van der Waals surface area (Å²) in [6.07, 6.45) is -5.70. The number of carbonyl (C=O) groups excluding carboxylic acids is 6. The lowest BCUT2D eigenvalue weighted by Gasteiger charge is -2.19. The van der Waals surface area contributed by atoms with Gasteiger partial charge in [-0.3, -0.25) is 24.0 Å². The molecule has 4 aromatic heterocycles. The van der Waals surface area contributed by atoms with Gasteiger partial charge in [0, 0.05) is 32.0 Å². The summed E-state index contributed by atoms with van der Waals surface area (Å²) in [5, 5.41) is 12.2. The summed E-state index contributed by atoms with van der Waals surface area (Å²) in [7, 11) is 0. The van der Waals surface area contributed by atoms with Crippen molar-refractivity contribution in [2.75, 3.05) is 18.6 Å². The van der Waals surface area contributed by atoms with Gasteiger partial charge in [-0.25, -0.2) is 9.59 Å². The molecular formula is C33H27Cl2F3O11S4. The van der Waals surface area contributed by atoms with Crippen LogP contribution in [-0.2, 0) is 41.8 Å². The highest BCUT2D eigenvalue weighted by Gasteiger charge is 2.34. The number of hydrogen-bond donors (Lipinski definition) is 1. The molecule has 0 atom stereocenters. The third-order valence-corrected chi connectivity index (χ3v) is 10.2. The fourth-order valence-corrected chi connectivity index (χ4v) is 8.25. The first-order valence-corrected chi connectivity index (χ1v) is 19.1. The second kappa shape index (κ2) is 19.1. The standard InChI is InChI=1S/C17H16O5S2.C13H8O5S2.C2HF3O.CH2Cl2/c1-17(2,3)22-12(18)8-21-7-9-6-11-13(19)10-4-5-23-15(10)14(20)16(11)24-9;14-9(15)5-18-4-6-3-8-10(16)7-1-2-19-12(7)11(17)13(8)20-6;3-2(4,5)1-6;2-1-3/h4-6H,7-8H2,1-3H3;1-3H,4-5H2,(H,14,15);1H;1H2. The van der Waals surface area contributed by atoms with Gasteiger partial charge in [-0.05, 0) is 55.8 Å². The minimum absolute atomic E-state index is 0.0815. The van der Waals surface area contributed by atoms with Crippen molar-refractivity contribution in [2.45, 2.75) is 45.8 Å². The molecule has 0 unspecified atom stereocenters. The van der Waals surface area contributed by atoms with Crippen LogP contribution in [0.25, 0.3) is 0 Å². The van der Waals surface area contributed by atoms with Crippen LogP contribution >= 0.6 is 68.5 Å². The smallest absolute Gasteiger partial charge is 0.446 e. The molecule has 1 N–H and O–H groups in total. The number of ether oxygens (including phenoxy) is 3. The van der Waals surface area contributed by atoms with Crippen LogP contribution in [0.4, 0.5) is 13.2 Å². The minimum Gasteiger partial charge on any atom is -0.480 e. The highest BCUT2D eigenvalue weighted by Crippen LogP contribution is 2.37. The van der Waals surface area contributed by atoms with Crippen LogP contribution in [0, 0.1) is 0 Å². The fourth-order valence-electron chi connectivity index (χ4n) is 4.37. The van der Waals surface area contributed by atoms with Gasteiger partial charge in [0.05, 0.1) is 38.1 Å². The lowest BCUT2D eigenvalue weighted by molar-refractivity contribution is -0.160. The van der Waals surface area contributed by atoms with E-state index < -0.39 is 36.6 Å². The van der Waals surface area contributed by atoms with Crippen molar-refractivity contribution in [1.29, 1.82) is 0 Å². The minimum atomic E-state index is -4.64. The Morgan fingerprint density at radius 3 is 1.49 bits per heavy atom. The van der Waals surface area contributed by atoms with Gasteiger partial charge >= 0.3 is 18.1 Å². The molecule has 4 heterocycles. The number of halogens is 5. The molecule has 0 saturated carbocycles. The first kappa shape index (κ1) is 43.8. The van der Waals surface area contributed by atoms with Gasteiger partial charge in [-0.1, -0.05) is 0 Å². The molecule has 0 aliphatic heterocycles. The molecule has 53 heavy (non-hydrogen) atoms. The molecule has 284 valence electrons. The van der Waals surface area contributed by atoms with E-state index in [1.54, 1.807) is 55.8 Å². The van der Waals surface area contributed by atoms with Gasteiger partial charge in [0.15, 0.2) is 11.6 Å². The average Bonchev–Trinajstić information content (AvgIpc) is 3.88. The van der Waals surface area contributed by atoms with Gasteiger partial charge in [-0.2, -0.15) is 13.2 Å². The molecule has 0 bridgehead atoms. The number of hydrogen-bond acceptors (Lipinski definition) is 14. The summed E-state index contributed by atoms with van der Waals surface area (Å²) in [5.41, 5.74) is 1.17. The zero-order valence-electron chi connectivity index (χ0n) is 27.6. The van der Waals surface area contributed by atoms with E-state index >= 15 is 0 Å². The fraction of sp³-hybridized carbons (Fsp3) is 0.303. The third kappa shape index (κ3) is 12.2. The van der Waals surface area contributed by atoms with Crippen LogP contribution in [0.15, 0.2) is 35.0 Å². The van der Waals surface area contributed by atoms with Crippen molar-refractivity contribution >= 4 is 110 Å². The number of carboxylic acids is 1. The van der Waals surface area contributed by atoms with Crippen molar-refractivity contribution in [3.05, 3.63) is 86.5 Å². The van der Waals surface area contributed by atoms with Crippen molar-refractivity contribution in [3.8, 4) is 0 Å². The first-order chi connectivity index (χ1) is 24.8. The summed E-state index contributed by atoms with van der Waals surface area (Å²) in [6.45, 7) is 5.02. The number of rotatable bonds is 8. The molecule has 4 aromatic rings. The van der Waals surface area contributed by atoms with Gasteiger partial charge < -0.3 is 19.3 Å². The molecule has 0 saturated heterocycles. The number of carbonyl (C=O) groups is 7. The number of carboxylic acid groups (broad SMARTS) is 1. The molecule has 20 heteroatoms. The Hall–Kier alpha value is -3.62. The quantitative estimate of drug-likeness (QED) is 0.0902. The van der Waals surface area contributed by atoms with E-state index in [0.29, 0.717) is 46.6 Å². The van der Waals surface area contributed by atoms with Crippen LogP contribution in [0.1, 0.15) is 91.5 Å². The van der Waals surface area contributed by atoms with Crippen molar-refractivity contribution in [1.82, 2.24) is 0 Å². The molecule has 6 rings (SSSR count). The summed E-state index contributed by atoms with van der Waals surface area (Å²) < 4.78 is 46.7. The summed E-state index contributed by atoms with van der Waals surface area (Å²) in [6, 6.07) is 6.62. The highest BCUT2D eigenvalue weighted by molar-refractivity contribution is 7.18. The molecule has 2 aliphatic carbocycles. The van der Waals surface area contributed by atoms with Gasteiger partial charge in [0.1, 0.15) is 18.8 Å². The summed E-state index contributed by atoms with van der Waals surface area (Å²) >= 11 is 14.5. The van der Waals surface area contributed by atoms with E-state index in [2.05, 4.69) is 0 Å². The van der Waals surface area contributed by atoms with Crippen LogP contribution in [-0.4, -0.2) is 76.8 Å². The van der Waals surface area contributed by atoms with E-state index in [9.17, 15) is 41.9 Å². The number of aldehydes is 1. The Labute approximate surface area is 325 Å². The molecule has 0 radical (unpaired) electrons.